The van der Waals surface area contributed by atoms with Gasteiger partial charge in [0.1, 0.15) is 11.2 Å². The van der Waals surface area contributed by atoms with Crippen molar-refractivity contribution in [3.05, 3.63) is 58.1 Å². The van der Waals surface area contributed by atoms with E-state index in [0.717, 1.165) is 35.0 Å². The molecule has 1 atom stereocenters. The van der Waals surface area contributed by atoms with Gasteiger partial charge in [-0.05, 0) is 30.2 Å². The first-order valence-corrected chi connectivity index (χ1v) is 9.37. The molecule has 0 saturated carbocycles. The van der Waals surface area contributed by atoms with Crippen molar-refractivity contribution in [2.45, 2.75) is 31.6 Å². The molecule has 0 aromatic heterocycles. The summed E-state index contributed by atoms with van der Waals surface area (Å²) in [5.41, 5.74) is 0.748. The van der Waals surface area contributed by atoms with Crippen molar-refractivity contribution in [1.29, 1.82) is 0 Å². The van der Waals surface area contributed by atoms with Gasteiger partial charge < -0.3 is 15.1 Å². The number of hydrogen-bond donors (Lipinski definition) is 2. The smallest absolute Gasteiger partial charge is 0.244 e. The van der Waals surface area contributed by atoms with Gasteiger partial charge in [0, 0.05) is 22.3 Å². The van der Waals surface area contributed by atoms with Crippen molar-refractivity contribution in [2.75, 3.05) is 18.1 Å². The van der Waals surface area contributed by atoms with Crippen LogP contribution in [0.5, 0.6) is 5.75 Å². The molecule has 1 aliphatic heterocycles. The van der Waals surface area contributed by atoms with Crippen LogP contribution in [0.15, 0.2) is 46.9 Å². The Morgan fingerprint density at radius 3 is 2.56 bits per heavy atom. The molecule has 0 aliphatic carbocycles. The Hall–Kier alpha value is -1.85. The molecule has 1 heterocycles. The van der Waals surface area contributed by atoms with Gasteiger partial charge in [0.2, 0.25) is 5.91 Å². The maximum absolute atomic E-state index is 13.4. The summed E-state index contributed by atoms with van der Waals surface area (Å²) in [6, 6.07) is 12.6. The standard InChI is InChI=1S/C20H22BrNO3/c1-2-3-6-11-22-17-8-5-4-7-15(17)20(13-23,19(22)25)16-10-9-14(21)12-18(16)24/h4-5,7-10,12,23-24H,2-3,6,11,13H2,1H3. The van der Waals surface area contributed by atoms with Crippen LogP contribution in [0.1, 0.15) is 37.3 Å². The van der Waals surface area contributed by atoms with E-state index in [1.54, 1.807) is 23.1 Å². The first-order chi connectivity index (χ1) is 12.1. The van der Waals surface area contributed by atoms with Crippen molar-refractivity contribution >= 4 is 27.5 Å². The SMILES string of the molecule is CCCCCN1C(=O)C(CO)(c2ccc(Br)cc2O)c2ccccc21. The van der Waals surface area contributed by atoms with E-state index < -0.39 is 5.41 Å². The third-order valence-corrected chi connectivity index (χ3v) is 5.40. The van der Waals surface area contributed by atoms with Gasteiger partial charge in [-0.25, -0.2) is 0 Å². The number of carbonyl (C=O) groups excluding carboxylic acids is 1. The second kappa shape index (κ2) is 7.18. The zero-order valence-corrected chi connectivity index (χ0v) is 15.8. The minimum Gasteiger partial charge on any atom is -0.508 e. The number of nitrogens with zero attached hydrogens (tertiary/aromatic N) is 1. The van der Waals surface area contributed by atoms with E-state index in [9.17, 15) is 15.0 Å². The van der Waals surface area contributed by atoms with E-state index >= 15 is 0 Å². The van der Waals surface area contributed by atoms with Gasteiger partial charge in [0.25, 0.3) is 0 Å². The van der Waals surface area contributed by atoms with Crippen LogP contribution in [0.3, 0.4) is 0 Å². The van der Waals surface area contributed by atoms with Gasteiger partial charge in [0.05, 0.1) is 6.61 Å². The lowest BCUT2D eigenvalue weighted by Crippen LogP contribution is -2.44. The van der Waals surface area contributed by atoms with Gasteiger partial charge in [-0.2, -0.15) is 0 Å². The molecule has 0 spiro atoms. The van der Waals surface area contributed by atoms with E-state index in [1.165, 1.54) is 0 Å². The third kappa shape index (κ3) is 2.85. The van der Waals surface area contributed by atoms with Crippen molar-refractivity contribution < 1.29 is 15.0 Å². The lowest BCUT2D eigenvalue weighted by Gasteiger charge is -2.28. The number of unbranched alkanes of at least 4 members (excludes halogenated alkanes) is 2. The average Bonchev–Trinajstić information content (AvgIpc) is 2.85. The second-order valence-electron chi connectivity index (χ2n) is 6.41. The maximum Gasteiger partial charge on any atom is 0.244 e. The quantitative estimate of drug-likeness (QED) is 0.717. The number of hydrogen-bond acceptors (Lipinski definition) is 3. The van der Waals surface area contributed by atoms with Crippen LogP contribution < -0.4 is 4.90 Å². The topological polar surface area (TPSA) is 60.8 Å². The molecule has 0 fully saturated rings. The minimum atomic E-state index is -1.26. The van der Waals surface area contributed by atoms with Crippen LogP contribution in [0, 0.1) is 0 Å². The molecule has 1 aliphatic rings. The highest BCUT2D eigenvalue weighted by Gasteiger charge is 2.52. The number of fused-ring (bicyclic) bond motifs is 1. The third-order valence-electron chi connectivity index (χ3n) is 4.91. The monoisotopic (exact) mass is 403 g/mol. The molecule has 2 N–H and O–H groups in total. The average molecular weight is 404 g/mol. The van der Waals surface area contributed by atoms with Crippen LogP contribution >= 0.6 is 15.9 Å². The maximum atomic E-state index is 13.4. The number of anilines is 1. The van der Waals surface area contributed by atoms with Crippen molar-refractivity contribution in [2.24, 2.45) is 0 Å². The van der Waals surface area contributed by atoms with Crippen molar-refractivity contribution in [3.63, 3.8) is 0 Å². The number of carbonyl (C=O) groups is 1. The van der Waals surface area contributed by atoms with E-state index in [1.807, 2.05) is 24.3 Å². The summed E-state index contributed by atoms with van der Waals surface area (Å²) in [5.74, 6) is -0.174. The Morgan fingerprint density at radius 1 is 1.12 bits per heavy atom. The highest BCUT2D eigenvalue weighted by molar-refractivity contribution is 9.10. The zero-order valence-electron chi connectivity index (χ0n) is 14.2. The van der Waals surface area contributed by atoms with Crippen molar-refractivity contribution in [1.82, 2.24) is 0 Å². The molecular weight excluding hydrogens is 382 g/mol. The molecule has 132 valence electrons. The number of rotatable bonds is 6. The molecule has 0 saturated heterocycles. The molecule has 0 radical (unpaired) electrons. The number of amides is 1. The first-order valence-electron chi connectivity index (χ1n) is 8.57. The largest absolute Gasteiger partial charge is 0.508 e. The summed E-state index contributed by atoms with van der Waals surface area (Å²) in [6.45, 7) is 2.35. The Balaban J connectivity index is 2.14. The molecule has 5 heteroatoms. The number of phenolic OH excluding ortho intramolecular Hbond substituents is 1. The predicted octanol–water partition coefficient (Wildman–Crippen LogP) is 3.97. The van der Waals surface area contributed by atoms with Gasteiger partial charge in [-0.1, -0.05) is 60.0 Å². The van der Waals surface area contributed by atoms with Gasteiger partial charge in [0.15, 0.2) is 0 Å². The van der Waals surface area contributed by atoms with Gasteiger partial charge >= 0.3 is 0 Å². The number of aromatic hydroxyl groups is 1. The van der Waals surface area contributed by atoms with Crippen LogP contribution in [0.4, 0.5) is 5.69 Å². The van der Waals surface area contributed by atoms with E-state index in [2.05, 4.69) is 22.9 Å². The van der Waals surface area contributed by atoms with E-state index in [4.69, 9.17) is 0 Å². The van der Waals surface area contributed by atoms with Crippen molar-refractivity contribution in [3.8, 4) is 5.75 Å². The Morgan fingerprint density at radius 2 is 1.88 bits per heavy atom. The normalized spacial score (nSPS) is 19.3. The molecular formula is C20H22BrNO3. The molecule has 2 aromatic rings. The Labute approximate surface area is 156 Å². The molecule has 2 aromatic carbocycles. The fourth-order valence-corrected chi connectivity index (χ4v) is 3.98. The Bertz CT molecular complexity index is 792. The number of para-hydroxylation sites is 1. The summed E-state index contributed by atoms with van der Waals surface area (Å²) in [4.78, 5) is 15.1. The first kappa shape index (κ1) is 18.0. The number of aliphatic hydroxyl groups is 1. The van der Waals surface area contributed by atoms with Crippen LogP contribution in [-0.4, -0.2) is 29.3 Å². The highest BCUT2D eigenvalue weighted by Crippen LogP contribution is 2.48. The number of benzene rings is 2. The second-order valence-corrected chi connectivity index (χ2v) is 7.32. The van der Waals surface area contributed by atoms with E-state index in [-0.39, 0.29) is 18.3 Å². The van der Waals surface area contributed by atoms with Gasteiger partial charge in [-0.15, -0.1) is 0 Å². The molecule has 0 bridgehead atoms. The summed E-state index contributed by atoms with van der Waals surface area (Å²) >= 11 is 3.33. The van der Waals surface area contributed by atoms with Gasteiger partial charge in [-0.3, -0.25) is 4.79 Å². The number of aliphatic hydroxyl groups excluding tert-OH is 1. The number of halogens is 1. The molecule has 4 nitrogen and oxygen atoms in total. The lowest BCUT2D eigenvalue weighted by molar-refractivity contribution is -0.123. The number of phenols is 1. The summed E-state index contributed by atoms with van der Waals surface area (Å²) in [6.07, 6.45) is 3.02. The summed E-state index contributed by atoms with van der Waals surface area (Å²) in [5, 5.41) is 20.8. The minimum absolute atomic E-state index is 0.00184. The fourth-order valence-electron chi connectivity index (χ4n) is 3.63. The Kier molecular flexibility index (Phi) is 5.16. The highest BCUT2D eigenvalue weighted by atomic mass is 79.9. The summed E-state index contributed by atoms with van der Waals surface area (Å²) < 4.78 is 0.723. The summed E-state index contributed by atoms with van der Waals surface area (Å²) in [7, 11) is 0. The lowest BCUT2D eigenvalue weighted by atomic mass is 9.75. The zero-order chi connectivity index (χ0) is 18.0. The van der Waals surface area contributed by atoms with Crippen LogP contribution in [0.25, 0.3) is 0 Å². The predicted molar refractivity (Wildman–Crippen MR) is 102 cm³/mol. The fraction of sp³-hybridized carbons (Fsp3) is 0.350. The molecule has 3 rings (SSSR count). The van der Waals surface area contributed by atoms with Crippen LogP contribution in [0.2, 0.25) is 0 Å². The van der Waals surface area contributed by atoms with Crippen LogP contribution in [-0.2, 0) is 10.2 Å². The van der Waals surface area contributed by atoms with E-state index in [0.29, 0.717) is 12.1 Å². The molecule has 1 unspecified atom stereocenters. The molecule has 25 heavy (non-hydrogen) atoms. The molecule has 1 amide bonds.